The summed E-state index contributed by atoms with van der Waals surface area (Å²) in [5.74, 6) is -2.39. The van der Waals surface area contributed by atoms with E-state index in [1.165, 1.54) is 34.3 Å². The molecule has 1 heterocycles. The molecule has 2 amide bonds. The van der Waals surface area contributed by atoms with Gasteiger partial charge in [-0.3, -0.25) is 14.4 Å². The first kappa shape index (κ1) is 32.7. The van der Waals surface area contributed by atoms with Gasteiger partial charge >= 0.3 is 6.09 Å². The van der Waals surface area contributed by atoms with Gasteiger partial charge in [0, 0.05) is 37.4 Å². The SMILES string of the molecule is COC1=C2CC(C)CC(OC)C(O)C(C)/C=C(\C)C(OC(N)=O)C(OC)/C=C/C=C(/C)C(=O)NC(=CC1=O)C2=O. The quantitative estimate of drug-likeness (QED) is 0.346. The van der Waals surface area contributed by atoms with Crippen molar-refractivity contribution in [2.75, 3.05) is 21.3 Å². The highest BCUT2D eigenvalue weighted by Crippen LogP contribution is 2.29. The van der Waals surface area contributed by atoms with Gasteiger partial charge in [0.1, 0.15) is 6.10 Å². The molecule has 220 valence electrons. The number of aliphatic hydroxyl groups is 1. The number of primary amides is 1. The van der Waals surface area contributed by atoms with Crippen LogP contribution in [0.2, 0.25) is 0 Å². The predicted molar refractivity (Wildman–Crippen MR) is 147 cm³/mol. The van der Waals surface area contributed by atoms with E-state index in [0.717, 1.165) is 6.08 Å². The molecule has 2 bridgehead atoms. The van der Waals surface area contributed by atoms with Gasteiger partial charge in [0.2, 0.25) is 11.6 Å². The molecule has 0 saturated carbocycles. The van der Waals surface area contributed by atoms with E-state index < -0.39 is 53.9 Å². The number of Topliss-reactive ketones (excluding diaryl/α,β-unsaturated/α-hetero) is 1. The number of fused-ring (bicyclic) bond motifs is 2. The maximum atomic E-state index is 13.3. The first-order chi connectivity index (χ1) is 18.8. The smallest absolute Gasteiger partial charge is 0.405 e. The van der Waals surface area contributed by atoms with Gasteiger partial charge in [0.05, 0.1) is 25.0 Å². The molecule has 4 N–H and O–H groups in total. The minimum Gasteiger partial charge on any atom is -0.492 e. The number of hydrogen-bond acceptors (Lipinski definition) is 9. The second-order valence-electron chi connectivity index (χ2n) is 10.1. The molecule has 11 heteroatoms. The number of nitrogens with two attached hydrogens (primary N) is 1. The van der Waals surface area contributed by atoms with Crippen molar-refractivity contribution in [3.63, 3.8) is 0 Å². The van der Waals surface area contributed by atoms with Gasteiger partial charge in [-0.2, -0.15) is 0 Å². The molecule has 0 spiro atoms. The van der Waals surface area contributed by atoms with Gasteiger partial charge < -0.3 is 35.1 Å². The summed E-state index contributed by atoms with van der Waals surface area (Å²) in [7, 11) is 4.21. The molecule has 0 saturated heterocycles. The minimum atomic E-state index is -1.00. The average Bonchev–Trinajstić information content (AvgIpc) is 2.90. The zero-order valence-corrected chi connectivity index (χ0v) is 24.1. The summed E-state index contributed by atoms with van der Waals surface area (Å²) in [6.07, 6.45) is 3.61. The van der Waals surface area contributed by atoms with Crippen LogP contribution < -0.4 is 11.1 Å². The van der Waals surface area contributed by atoms with Crippen LogP contribution >= 0.6 is 0 Å². The Labute approximate surface area is 234 Å². The Morgan fingerprint density at radius 1 is 1.10 bits per heavy atom. The highest BCUT2D eigenvalue weighted by molar-refractivity contribution is 6.23. The van der Waals surface area contributed by atoms with Crippen LogP contribution in [0.15, 0.2) is 58.6 Å². The number of ether oxygens (including phenoxy) is 4. The molecule has 40 heavy (non-hydrogen) atoms. The predicted octanol–water partition coefficient (Wildman–Crippen LogP) is 2.41. The molecule has 2 aliphatic rings. The maximum Gasteiger partial charge on any atom is 0.405 e. The van der Waals surface area contributed by atoms with E-state index >= 15 is 0 Å². The molecule has 1 aliphatic carbocycles. The summed E-state index contributed by atoms with van der Waals surface area (Å²) in [5, 5.41) is 13.7. The topological polar surface area (TPSA) is 163 Å². The minimum absolute atomic E-state index is 0.0801. The van der Waals surface area contributed by atoms with E-state index in [9.17, 15) is 24.3 Å². The van der Waals surface area contributed by atoms with Crippen molar-refractivity contribution in [3.05, 3.63) is 58.6 Å². The van der Waals surface area contributed by atoms with Crippen LogP contribution in [0, 0.1) is 11.8 Å². The molecule has 11 nitrogen and oxygen atoms in total. The third-order valence-electron chi connectivity index (χ3n) is 6.95. The number of amides is 2. The van der Waals surface area contributed by atoms with E-state index in [1.807, 2.05) is 6.92 Å². The Kier molecular flexibility index (Phi) is 12.0. The summed E-state index contributed by atoms with van der Waals surface area (Å²) < 4.78 is 21.7. The van der Waals surface area contributed by atoms with Crippen molar-refractivity contribution in [2.45, 2.75) is 65.0 Å². The third kappa shape index (κ3) is 8.23. The number of rotatable bonds is 4. The van der Waals surface area contributed by atoms with Gasteiger partial charge in [-0.15, -0.1) is 0 Å². The van der Waals surface area contributed by atoms with Gasteiger partial charge in [-0.05, 0) is 38.2 Å². The number of allylic oxidation sites excluding steroid dienone is 4. The van der Waals surface area contributed by atoms with Crippen LogP contribution in [0.3, 0.4) is 0 Å². The summed E-state index contributed by atoms with van der Waals surface area (Å²) in [6.45, 7) is 6.92. The Morgan fingerprint density at radius 2 is 1.77 bits per heavy atom. The molecule has 0 aromatic heterocycles. The second kappa shape index (κ2) is 14.7. The highest BCUT2D eigenvalue weighted by atomic mass is 16.6. The molecule has 1 aliphatic heterocycles. The van der Waals surface area contributed by atoms with E-state index in [4.69, 9.17) is 24.7 Å². The van der Waals surface area contributed by atoms with Crippen molar-refractivity contribution in [1.29, 1.82) is 0 Å². The lowest BCUT2D eigenvalue weighted by molar-refractivity contribution is -0.120. The number of carbonyl (C=O) groups is 4. The Balaban J connectivity index is 2.60. The van der Waals surface area contributed by atoms with Crippen molar-refractivity contribution < 1.29 is 43.2 Å². The monoisotopic (exact) mass is 560 g/mol. The molecule has 0 fully saturated rings. The summed E-state index contributed by atoms with van der Waals surface area (Å²) in [4.78, 5) is 50.6. The van der Waals surface area contributed by atoms with Crippen LogP contribution in [-0.2, 0) is 33.3 Å². The fourth-order valence-corrected chi connectivity index (χ4v) is 4.78. The molecule has 0 aromatic carbocycles. The van der Waals surface area contributed by atoms with Crippen LogP contribution in [-0.4, -0.2) is 74.4 Å². The first-order valence-corrected chi connectivity index (χ1v) is 13.0. The Bertz CT molecular complexity index is 1150. The van der Waals surface area contributed by atoms with Gasteiger partial charge in [-0.1, -0.05) is 38.2 Å². The third-order valence-corrected chi connectivity index (χ3v) is 6.95. The molecule has 2 rings (SSSR count). The lowest BCUT2D eigenvalue weighted by atomic mass is 9.85. The highest BCUT2D eigenvalue weighted by Gasteiger charge is 2.34. The first-order valence-electron chi connectivity index (χ1n) is 13.0. The number of carbonyl (C=O) groups excluding carboxylic acids is 4. The fraction of sp³-hybridized carbons (Fsp3) is 0.517. The Hall–Kier alpha value is -3.54. The van der Waals surface area contributed by atoms with Crippen molar-refractivity contribution in [2.24, 2.45) is 17.6 Å². The van der Waals surface area contributed by atoms with Crippen LogP contribution in [0.4, 0.5) is 4.79 Å². The van der Waals surface area contributed by atoms with E-state index in [1.54, 1.807) is 32.1 Å². The average molecular weight is 561 g/mol. The fourth-order valence-electron chi connectivity index (χ4n) is 4.78. The van der Waals surface area contributed by atoms with Crippen LogP contribution in [0.25, 0.3) is 0 Å². The second-order valence-corrected chi connectivity index (χ2v) is 10.1. The lowest BCUT2D eigenvalue weighted by Gasteiger charge is -2.29. The summed E-state index contributed by atoms with van der Waals surface area (Å²) >= 11 is 0. The number of aliphatic hydroxyl groups excluding tert-OH is 1. The van der Waals surface area contributed by atoms with E-state index in [0.29, 0.717) is 12.0 Å². The van der Waals surface area contributed by atoms with Gasteiger partial charge in [0.15, 0.2) is 11.9 Å². The largest absolute Gasteiger partial charge is 0.492 e. The molecule has 6 unspecified atom stereocenters. The normalized spacial score (nSPS) is 32.7. The number of methoxy groups -OCH3 is 3. The van der Waals surface area contributed by atoms with Crippen molar-refractivity contribution in [1.82, 2.24) is 5.32 Å². The molecule has 0 radical (unpaired) electrons. The summed E-state index contributed by atoms with van der Waals surface area (Å²) in [5.41, 5.74) is 6.12. The lowest BCUT2D eigenvalue weighted by Crippen LogP contribution is -2.37. The van der Waals surface area contributed by atoms with E-state index in [2.05, 4.69) is 5.32 Å². The van der Waals surface area contributed by atoms with E-state index in [-0.39, 0.29) is 34.9 Å². The standard InChI is InChI=1S/C29H40N2O9/c1-15-11-19-25(34)20(14-21(32)27(19)39-7)31-28(35)16(2)9-8-10-22(37-5)26(40-29(30)36)18(4)13-17(3)24(33)23(12-15)38-6/h8-10,13-15,17,22-24,26,33H,11-12H2,1-7H3,(H2,30,36)(H,31,35)/b10-8+,16-9-,18-13+. The molecular weight excluding hydrogens is 520 g/mol. The zero-order valence-electron chi connectivity index (χ0n) is 24.1. The van der Waals surface area contributed by atoms with Gasteiger partial charge in [-0.25, -0.2) is 4.79 Å². The van der Waals surface area contributed by atoms with Gasteiger partial charge in [0.25, 0.3) is 5.91 Å². The van der Waals surface area contributed by atoms with Crippen LogP contribution in [0.5, 0.6) is 0 Å². The van der Waals surface area contributed by atoms with Crippen LogP contribution in [0.1, 0.15) is 40.5 Å². The number of nitrogens with one attached hydrogen (secondary N) is 1. The number of hydrogen-bond donors (Lipinski definition) is 3. The molecular formula is C29H40N2O9. The van der Waals surface area contributed by atoms with Crippen molar-refractivity contribution >= 4 is 23.6 Å². The maximum absolute atomic E-state index is 13.3. The number of ketones is 2. The Morgan fingerprint density at radius 3 is 2.35 bits per heavy atom. The zero-order chi connectivity index (χ0) is 30.1. The summed E-state index contributed by atoms with van der Waals surface area (Å²) in [6, 6.07) is 0. The van der Waals surface area contributed by atoms with Crippen molar-refractivity contribution in [3.8, 4) is 0 Å². The molecule has 0 aromatic rings. The molecule has 6 atom stereocenters.